The number of aliphatic hydroxyl groups is 1. The van der Waals surface area contributed by atoms with Crippen LogP contribution in [0.1, 0.15) is 46.6 Å². The Balaban J connectivity index is 0.00000199. The van der Waals surface area contributed by atoms with Crippen LogP contribution in [0.5, 0.6) is 0 Å². The standard InChI is InChI=1S/C22H24ClFN2O4S2.C2H6/c1-14(25-32(29,30)21-10-15-4-6-17(23)12-20(15)31-21)8-9-26(13-27)19-7-5-16(11-18(19)24)22(2,3)28;1-2/h4-7,10-14,25,28H,8-9H2,1-3H3;1-2H3. The molecule has 3 rings (SSSR count). The van der Waals surface area contributed by atoms with Crippen LogP contribution in [-0.4, -0.2) is 32.5 Å². The van der Waals surface area contributed by atoms with Crippen molar-refractivity contribution in [3.63, 3.8) is 0 Å². The third-order valence-corrected chi connectivity index (χ3v) is 8.37. The van der Waals surface area contributed by atoms with Crippen molar-refractivity contribution in [2.24, 2.45) is 0 Å². The minimum absolute atomic E-state index is 0.0597. The van der Waals surface area contributed by atoms with Crippen molar-refractivity contribution in [2.45, 2.75) is 56.9 Å². The maximum absolute atomic E-state index is 14.5. The van der Waals surface area contributed by atoms with E-state index in [-0.39, 0.29) is 22.9 Å². The molecule has 10 heteroatoms. The highest BCUT2D eigenvalue weighted by molar-refractivity contribution is 7.91. The number of hydrogen-bond donors (Lipinski definition) is 2. The average Bonchev–Trinajstić information content (AvgIpc) is 3.19. The number of thiophene rings is 1. The molecule has 0 saturated heterocycles. The highest BCUT2D eigenvalue weighted by Crippen LogP contribution is 2.31. The van der Waals surface area contributed by atoms with E-state index >= 15 is 0 Å². The number of amides is 1. The van der Waals surface area contributed by atoms with E-state index in [1.54, 1.807) is 37.3 Å². The zero-order valence-corrected chi connectivity index (χ0v) is 22.2. The number of sulfonamides is 1. The fourth-order valence-corrected chi connectivity index (χ4v) is 6.15. The van der Waals surface area contributed by atoms with Crippen LogP contribution in [0.3, 0.4) is 0 Å². The molecule has 34 heavy (non-hydrogen) atoms. The SMILES string of the molecule is CC.CC(CCN(C=O)c1ccc(C(C)(C)O)cc1F)NS(=O)(=O)c1cc2ccc(Cl)cc2s1. The van der Waals surface area contributed by atoms with Crippen LogP contribution in [0.4, 0.5) is 10.1 Å². The quantitative estimate of drug-likeness (QED) is 0.350. The normalized spacial score (nSPS) is 12.7. The van der Waals surface area contributed by atoms with Crippen LogP contribution in [0.25, 0.3) is 10.1 Å². The number of rotatable bonds is 9. The second-order valence-corrected chi connectivity index (χ2v) is 11.5. The third kappa shape index (κ3) is 6.99. The van der Waals surface area contributed by atoms with Crippen molar-refractivity contribution in [3.05, 3.63) is 58.9 Å². The van der Waals surface area contributed by atoms with Crippen LogP contribution in [-0.2, 0) is 20.4 Å². The van der Waals surface area contributed by atoms with E-state index < -0.39 is 27.5 Å². The first-order valence-electron chi connectivity index (χ1n) is 10.9. The van der Waals surface area contributed by atoms with Gasteiger partial charge < -0.3 is 10.0 Å². The molecule has 0 aliphatic heterocycles. The Morgan fingerprint density at radius 1 is 1.21 bits per heavy atom. The van der Waals surface area contributed by atoms with Gasteiger partial charge >= 0.3 is 0 Å². The molecule has 3 aromatic rings. The van der Waals surface area contributed by atoms with Gasteiger partial charge in [-0.15, -0.1) is 11.3 Å². The molecule has 0 spiro atoms. The summed E-state index contributed by atoms with van der Waals surface area (Å²) in [4.78, 5) is 12.7. The van der Waals surface area contributed by atoms with Gasteiger partial charge in [-0.2, -0.15) is 0 Å². The van der Waals surface area contributed by atoms with Crippen molar-refractivity contribution < 1.29 is 22.7 Å². The number of fused-ring (bicyclic) bond motifs is 1. The number of nitrogens with one attached hydrogen (secondary N) is 1. The van der Waals surface area contributed by atoms with Gasteiger partial charge in [-0.25, -0.2) is 17.5 Å². The van der Waals surface area contributed by atoms with Gasteiger partial charge in [-0.05, 0) is 68.5 Å². The molecule has 1 unspecified atom stereocenters. The third-order valence-electron chi connectivity index (χ3n) is 4.97. The first kappa shape index (κ1) is 28.2. The molecule has 1 aromatic heterocycles. The summed E-state index contributed by atoms with van der Waals surface area (Å²) in [5.41, 5.74) is -0.768. The van der Waals surface area contributed by atoms with Gasteiger partial charge in [0.1, 0.15) is 10.0 Å². The van der Waals surface area contributed by atoms with Crippen LogP contribution in [0.2, 0.25) is 5.02 Å². The summed E-state index contributed by atoms with van der Waals surface area (Å²) in [6.07, 6.45) is 0.764. The molecule has 1 atom stereocenters. The summed E-state index contributed by atoms with van der Waals surface area (Å²) in [7, 11) is -3.77. The van der Waals surface area contributed by atoms with E-state index in [0.29, 0.717) is 17.0 Å². The summed E-state index contributed by atoms with van der Waals surface area (Å²) in [6.45, 7) is 8.86. The van der Waals surface area contributed by atoms with Gasteiger partial charge in [0.25, 0.3) is 0 Å². The summed E-state index contributed by atoms with van der Waals surface area (Å²) in [5, 5.41) is 11.3. The molecule has 6 nitrogen and oxygen atoms in total. The highest BCUT2D eigenvalue weighted by Gasteiger charge is 2.22. The maximum atomic E-state index is 14.5. The predicted molar refractivity (Wildman–Crippen MR) is 138 cm³/mol. The lowest BCUT2D eigenvalue weighted by Crippen LogP contribution is -2.35. The molecule has 2 aromatic carbocycles. The monoisotopic (exact) mass is 528 g/mol. The lowest BCUT2D eigenvalue weighted by Gasteiger charge is -2.23. The van der Waals surface area contributed by atoms with E-state index in [4.69, 9.17) is 11.6 Å². The second-order valence-electron chi connectivity index (χ2n) is 8.08. The van der Waals surface area contributed by atoms with Crippen LogP contribution in [0.15, 0.2) is 46.7 Å². The first-order valence-corrected chi connectivity index (χ1v) is 13.5. The molecule has 0 aliphatic carbocycles. The van der Waals surface area contributed by atoms with Crippen LogP contribution in [0, 0.1) is 5.82 Å². The Morgan fingerprint density at radius 3 is 2.47 bits per heavy atom. The maximum Gasteiger partial charge on any atom is 0.250 e. The molecule has 0 radical (unpaired) electrons. The van der Waals surface area contributed by atoms with E-state index in [0.717, 1.165) is 21.4 Å². The smallest absolute Gasteiger partial charge is 0.250 e. The van der Waals surface area contributed by atoms with Crippen LogP contribution >= 0.6 is 22.9 Å². The zero-order valence-electron chi connectivity index (χ0n) is 19.8. The van der Waals surface area contributed by atoms with Gasteiger partial charge in [-0.1, -0.05) is 37.6 Å². The summed E-state index contributed by atoms with van der Waals surface area (Å²) in [6, 6.07) is 10.4. The molecule has 0 bridgehead atoms. The van der Waals surface area contributed by atoms with Crippen molar-refractivity contribution in [2.75, 3.05) is 11.4 Å². The summed E-state index contributed by atoms with van der Waals surface area (Å²) < 4.78 is 43.6. The van der Waals surface area contributed by atoms with E-state index in [2.05, 4.69) is 4.72 Å². The van der Waals surface area contributed by atoms with Gasteiger partial charge in [0.05, 0.1) is 11.3 Å². The summed E-state index contributed by atoms with van der Waals surface area (Å²) >= 11 is 7.09. The fourth-order valence-electron chi connectivity index (χ4n) is 3.18. The predicted octanol–water partition coefficient (Wildman–Crippen LogP) is 5.67. The molecule has 1 heterocycles. The number of halogens is 2. The van der Waals surface area contributed by atoms with Gasteiger partial charge in [-0.3, -0.25) is 4.79 Å². The molecule has 0 saturated carbocycles. The van der Waals surface area contributed by atoms with E-state index in [1.165, 1.54) is 30.9 Å². The number of nitrogens with zero attached hydrogens (tertiary/aromatic N) is 1. The molecular weight excluding hydrogens is 499 g/mol. The Kier molecular flexibility index (Phi) is 9.62. The molecule has 0 aliphatic rings. The van der Waals surface area contributed by atoms with Gasteiger partial charge in [0.15, 0.2) is 0 Å². The molecule has 0 fully saturated rings. The Hall–Kier alpha value is -2.04. The summed E-state index contributed by atoms with van der Waals surface area (Å²) in [5.74, 6) is -0.645. The number of anilines is 1. The molecular formula is C24H30ClFN2O4S2. The minimum Gasteiger partial charge on any atom is -0.386 e. The first-order chi connectivity index (χ1) is 15.9. The minimum atomic E-state index is -3.77. The van der Waals surface area contributed by atoms with Gasteiger partial charge in [0.2, 0.25) is 16.4 Å². The highest BCUT2D eigenvalue weighted by atomic mass is 35.5. The van der Waals surface area contributed by atoms with Crippen molar-refractivity contribution in [1.29, 1.82) is 0 Å². The Labute approximate surface area is 209 Å². The van der Waals surface area contributed by atoms with Crippen LogP contribution < -0.4 is 9.62 Å². The fraction of sp³-hybridized carbons (Fsp3) is 0.375. The van der Waals surface area contributed by atoms with Crippen molar-refractivity contribution in [3.8, 4) is 0 Å². The topological polar surface area (TPSA) is 86.7 Å². The zero-order chi connectivity index (χ0) is 25.7. The van der Waals surface area contributed by atoms with E-state index in [9.17, 15) is 22.7 Å². The number of carbonyl (C=O) groups is 1. The van der Waals surface area contributed by atoms with E-state index in [1.807, 2.05) is 13.8 Å². The largest absolute Gasteiger partial charge is 0.386 e. The molecule has 186 valence electrons. The lowest BCUT2D eigenvalue weighted by atomic mass is 9.98. The van der Waals surface area contributed by atoms with Crippen molar-refractivity contribution >= 4 is 55.1 Å². The Morgan fingerprint density at radius 2 is 1.88 bits per heavy atom. The van der Waals surface area contributed by atoms with Crippen molar-refractivity contribution in [1.82, 2.24) is 4.72 Å². The number of carbonyl (C=O) groups excluding carboxylic acids is 1. The molecule has 2 N–H and O–H groups in total. The average molecular weight is 529 g/mol. The number of hydrogen-bond acceptors (Lipinski definition) is 5. The second kappa shape index (κ2) is 11.6. The molecule has 1 amide bonds. The number of benzene rings is 2. The van der Waals surface area contributed by atoms with Gasteiger partial charge in [0, 0.05) is 22.3 Å². The Bertz CT molecular complexity index is 1240. The lowest BCUT2D eigenvalue weighted by molar-refractivity contribution is -0.107.